The summed E-state index contributed by atoms with van der Waals surface area (Å²) in [5.41, 5.74) is 3.68. The first-order valence-electron chi connectivity index (χ1n) is 11.5. The van der Waals surface area contributed by atoms with Crippen LogP contribution in [0.1, 0.15) is 41.4 Å². The SMILES string of the molecule is Cc1ccc(CN(C)C2(C)CCN(C(=O)n3ccc(C(=O)O)n3)CC2)c(N2CCOCC2)c1. The second-order valence-electron chi connectivity index (χ2n) is 9.30. The number of anilines is 1. The first kappa shape index (κ1) is 23.3. The van der Waals surface area contributed by atoms with Crippen molar-refractivity contribution in [3.63, 3.8) is 0 Å². The van der Waals surface area contributed by atoms with Gasteiger partial charge in [-0.3, -0.25) is 4.90 Å². The summed E-state index contributed by atoms with van der Waals surface area (Å²) >= 11 is 0. The van der Waals surface area contributed by atoms with E-state index in [9.17, 15) is 9.59 Å². The summed E-state index contributed by atoms with van der Waals surface area (Å²) in [6.45, 7) is 9.76. The number of aryl methyl sites for hydroxylation is 1. The van der Waals surface area contributed by atoms with Gasteiger partial charge in [-0.2, -0.15) is 9.78 Å². The van der Waals surface area contributed by atoms with Gasteiger partial charge in [-0.25, -0.2) is 9.59 Å². The van der Waals surface area contributed by atoms with Crippen LogP contribution >= 0.6 is 0 Å². The predicted molar refractivity (Wildman–Crippen MR) is 125 cm³/mol. The quantitative estimate of drug-likeness (QED) is 0.741. The number of piperidine rings is 1. The number of morpholine rings is 1. The topological polar surface area (TPSA) is 91.1 Å². The summed E-state index contributed by atoms with van der Waals surface area (Å²) in [5, 5.41) is 12.9. The number of likely N-dealkylation sites (tertiary alicyclic amines) is 1. The molecule has 33 heavy (non-hydrogen) atoms. The molecule has 0 aliphatic carbocycles. The summed E-state index contributed by atoms with van der Waals surface area (Å²) in [5.74, 6) is -1.14. The minimum atomic E-state index is -1.14. The molecule has 9 heteroatoms. The summed E-state index contributed by atoms with van der Waals surface area (Å²) in [7, 11) is 2.16. The molecule has 2 saturated heterocycles. The van der Waals surface area contributed by atoms with Gasteiger partial charge in [0.05, 0.1) is 13.2 Å². The number of amides is 1. The second-order valence-corrected chi connectivity index (χ2v) is 9.30. The molecular formula is C24H33N5O4. The Kier molecular flexibility index (Phi) is 6.71. The second kappa shape index (κ2) is 9.52. The first-order valence-corrected chi connectivity index (χ1v) is 11.5. The summed E-state index contributed by atoms with van der Waals surface area (Å²) in [4.78, 5) is 30.4. The number of aromatic carboxylic acids is 1. The average Bonchev–Trinajstić information content (AvgIpc) is 3.31. The van der Waals surface area contributed by atoms with Crippen molar-refractivity contribution in [1.82, 2.24) is 19.6 Å². The van der Waals surface area contributed by atoms with Crippen molar-refractivity contribution in [2.24, 2.45) is 0 Å². The Labute approximate surface area is 194 Å². The van der Waals surface area contributed by atoms with Gasteiger partial charge < -0.3 is 19.6 Å². The fourth-order valence-electron chi connectivity index (χ4n) is 4.60. The van der Waals surface area contributed by atoms with Gasteiger partial charge >= 0.3 is 12.0 Å². The smallest absolute Gasteiger partial charge is 0.356 e. The highest BCUT2D eigenvalue weighted by Gasteiger charge is 2.36. The highest BCUT2D eigenvalue weighted by atomic mass is 16.5. The number of carboxylic acid groups (broad SMARTS) is 1. The van der Waals surface area contributed by atoms with Gasteiger partial charge in [-0.05, 0) is 57.0 Å². The minimum absolute atomic E-state index is 0.0414. The van der Waals surface area contributed by atoms with E-state index in [4.69, 9.17) is 9.84 Å². The third-order valence-electron chi connectivity index (χ3n) is 7.04. The zero-order valence-corrected chi connectivity index (χ0v) is 19.7. The largest absolute Gasteiger partial charge is 0.476 e. The lowest BCUT2D eigenvalue weighted by atomic mass is 9.87. The summed E-state index contributed by atoms with van der Waals surface area (Å²) < 4.78 is 6.66. The van der Waals surface area contributed by atoms with Crippen LogP contribution in [0, 0.1) is 6.92 Å². The van der Waals surface area contributed by atoms with Crippen molar-refractivity contribution in [2.75, 3.05) is 51.3 Å². The molecule has 0 radical (unpaired) electrons. The lowest BCUT2D eigenvalue weighted by Crippen LogP contribution is -2.53. The van der Waals surface area contributed by atoms with E-state index in [0.29, 0.717) is 13.1 Å². The third-order valence-corrected chi connectivity index (χ3v) is 7.04. The Morgan fingerprint density at radius 1 is 1.15 bits per heavy atom. The van der Waals surface area contributed by atoms with Gasteiger partial charge in [0, 0.05) is 50.1 Å². The standard InChI is InChI=1S/C24H33N5O4/c1-18-4-5-19(21(16-18)27-12-14-33-15-13-27)17-26(3)24(2)7-10-28(11-8-24)23(32)29-9-6-20(25-29)22(30)31/h4-6,9,16H,7-8,10-15,17H2,1-3H3,(H,30,31). The predicted octanol–water partition coefficient (Wildman–Crippen LogP) is 2.68. The monoisotopic (exact) mass is 455 g/mol. The highest BCUT2D eigenvalue weighted by Crippen LogP contribution is 2.32. The molecule has 178 valence electrons. The number of hydrogen-bond donors (Lipinski definition) is 1. The van der Waals surface area contributed by atoms with Crippen molar-refractivity contribution in [1.29, 1.82) is 0 Å². The normalized spacial score (nSPS) is 18.5. The molecule has 1 amide bonds. The fraction of sp³-hybridized carbons (Fsp3) is 0.542. The molecule has 0 spiro atoms. The van der Waals surface area contributed by atoms with Gasteiger partial charge in [-0.1, -0.05) is 12.1 Å². The van der Waals surface area contributed by atoms with Crippen LogP contribution in [0.2, 0.25) is 0 Å². The van der Waals surface area contributed by atoms with E-state index < -0.39 is 5.97 Å². The molecule has 0 saturated carbocycles. The lowest BCUT2D eigenvalue weighted by Gasteiger charge is -2.45. The molecule has 2 aromatic rings. The molecule has 3 heterocycles. The molecule has 0 atom stereocenters. The van der Waals surface area contributed by atoms with E-state index in [1.165, 1.54) is 29.1 Å². The molecule has 4 rings (SSSR count). The Balaban J connectivity index is 1.41. The zero-order chi connectivity index (χ0) is 23.6. The molecule has 2 aliphatic heterocycles. The number of hydrogen-bond acceptors (Lipinski definition) is 6. The van der Waals surface area contributed by atoms with Gasteiger partial charge in [0.25, 0.3) is 0 Å². The highest BCUT2D eigenvalue weighted by molar-refractivity contribution is 5.86. The van der Waals surface area contributed by atoms with Crippen molar-refractivity contribution in [3.8, 4) is 0 Å². The van der Waals surface area contributed by atoms with Crippen LogP contribution in [-0.4, -0.2) is 88.7 Å². The molecular weight excluding hydrogens is 422 g/mol. The Morgan fingerprint density at radius 3 is 2.48 bits per heavy atom. The van der Waals surface area contributed by atoms with E-state index in [1.54, 1.807) is 4.90 Å². The maximum atomic E-state index is 12.8. The molecule has 1 aromatic carbocycles. The fourth-order valence-corrected chi connectivity index (χ4v) is 4.60. The first-order chi connectivity index (χ1) is 15.8. The number of ether oxygens (including phenoxy) is 1. The van der Waals surface area contributed by atoms with E-state index in [2.05, 4.69) is 54.0 Å². The van der Waals surface area contributed by atoms with Gasteiger partial charge in [0.1, 0.15) is 0 Å². The van der Waals surface area contributed by atoms with E-state index in [1.807, 2.05) is 0 Å². The summed E-state index contributed by atoms with van der Waals surface area (Å²) in [6.07, 6.45) is 3.08. The van der Waals surface area contributed by atoms with Crippen LogP contribution in [-0.2, 0) is 11.3 Å². The zero-order valence-electron chi connectivity index (χ0n) is 19.7. The number of carbonyl (C=O) groups excluding carboxylic acids is 1. The van der Waals surface area contributed by atoms with Crippen LogP contribution in [0.5, 0.6) is 0 Å². The third kappa shape index (κ3) is 5.04. The van der Waals surface area contributed by atoms with Crippen molar-refractivity contribution in [2.45, 2.75) is 38.8 Å². The Hall–Kier alpha value is -2.91. The average molecular weight is 456 g/mol. The number of nitrogens with zero attached hydrogens (tertiary/aromatic N) is 5. The van der Waals surface area contributed by atoms with E-state index in [0.717, 1.165) is 50.4 Å². The molecule has 9 nitrogen and oxygen atoms in total. The van der Waals surface area contributed by atoms with Crippen LogP contribution in [0.25, 0.3) is 0 Å². The van der Waals surface area contributed by atoms with E-state index in [-0.39, 0.29) is 17.3 Å². The maximum Gasteiger partial charge on any atom is 0.356 e. The maximum absolute atomic E-state index is 12.8. The molecule has 2 aliphatic rings. The van der Waals surface area contributed by atoms with Crippen LogP contribution in [0.15, 0.2) is 30.5 Å². The van der Waals surface area contributed by atoms with Gasteiger partial charge in [-0.15, -0.1) is 0 Å². The summed E-state index contributed by atoms with van der Waals surface area (Å²) in [6, 6.07) is 7.74. The van der Waals surface area contributed by atoms with Crippen molar-refractivity contribution < 1.29 is 19.4 Å². The van der Waals surface area contributed by atoms with Crippen LogP contribution in [0.3, 0.4) is 0 Å². The molecule has 1 N–H and O–H groups in total. The van der Waals surface area contributed by atoms with Gasteiger partial charge in [0.2, 0.25) is 0 Å². The number of aromatic nitrogens is 2. The molecule has 2 fully saturated rings. The Bertz CT molecular complexity index is 1010. The van der Waals surface area contributed by atoms with Gasteiger partial charge in [0.15, 0.2) is 5.69 Å². The van der Waals surface area contributed by atoms with Crippen molar-refractivity contribution >= 4 is 17.7 Å². The van der Waals surface area contributed by atoms with Crippen LogP contribution < -0.4 is 4.90 Å². The molecule has 0 bridgehead atoms. The van der Waals surface area contributed by atoms with E-state index >= 15 is 0 Å². The number of benzene rings is 1. The van der Waals surface area contributed by atoms with Crippen molar-refractivity contribution in [3.05, 3.63) is 47.3 Å². The minimum Gasteiger partial charge on any atom is -0.476 e. The Morgan fingerprint density at radius 2 is 1.85 bits per heavy atom. The van der Waals surface area contributed by atoms with Crippen LogP contribution in [0.4, 0.5) is 10.5 Å². The lowest BCUT2D eigenvalue weighted by molar-refractivity contribution is 0.0584. The molecule has 1 aromatic heterocycles. The number of carbonyl (C=O) groups is 2. The molecule has 0 unspecified atom stereocenters. The number of rotatable bonds is 5. The number of carboxylic acids is 1.